The summed E-state index contributed by atoms with van der Waals surface area (Å²) in [6.07, 6.45) is 7.69. The molecule has 1 aliphatic heterocycles. The Morgan fingerprint density at radius 3 is 2.44 bits per heavy atom. The van der Waals surface area contributed by atoms with Gasteiger partial charge in [0.15, 0.2) is 0 Å². The summed E-state index contributed by atoms with van der Waals surface area (Å²) < 4.78 is 10.8. The zero-order valence-corrected chi connectivity index (χ0v) is 17.1. The van der Waals surface area contributed by atoms with Gasteiger partial charge >= 0.3 is 0 Å². The average molecular weight is 433 g/mol. The van der Waals surface area contributed by atoms with E-state index in [1.807, 2.05) is 0 Å². The van der Waals surface area contributed by atoms with Crippen LogP contribution in [0.4, 0.5) is 5.69 Å². The lowest BCUT2D eigenvalue weighted by Crippen LogP contribution is -2.30. The fraction of sp³-hybridized carbons (Fsp3) is 0.348. The molecule has 162 valence electrons. The Hall–Kier alpha value is -3.75. The van der Waals surface area contributed by atoms with Gasteiger partial charge in [-0.25, -0.2) is 0 Å². The van der Waals surface area contributed by atoms with Crippen LogP contribution in [0.25, 0.3) is 11.3 Å². The van der Waals surface area contributed by atoms with Gasteiger partial charge in [0.25, 0.3) is 17.5 Å². The van der Waals surface area contributed by atoms with Gasteiger partial charge in [-0.2, -0.15) is 10.1 Å². The number of nitrogens with zero attached hydrogens (tertiary/aromatic N) is 3. The molecule has 4 aliphatic rings. The Kier molecular flexibility index (Phi) is 3.78. The van der Waals surface area contributed by atoms with Crippen molar-refractivity contribution in [3.05, 3.63) is 58.4 Å². The molecule has 2 heterocycles. The minimum atomic E-state index is -0.510. The van der Waals surface area contributed by atoms with Crippen molar-refractivity contribution < 1.29 is 23.7 Å². The molecule has 2 aromatic rings. The Bertz CT molecular complexity index is 1210. The van der Waals surface area contributed by atoms with Crippen LogP contribution < -0.4 is 4.74 Å². The van der Waals surface area contributed by atoms with Crippen molar-refractivity contribution in [2.75, 3.05) is 7.11 Å². The Balaban J connectivity index is 1.25. The summed E-state index contributed by atoms with van der Waals surface area (Å²) in [6, 6.07) is 7.64. The number of imide groups is 1. The fourth-order valence-electron chi connectivity index (χ4n) is 5.86. The first-order valence-electron chi connectivity index (χ1n) is 10.5. The van der Waals surface area contributed by atoms with E-state index in [2.05, 4.69) is 17.3 Å². The highest BCUT2D eigenvalue weighted by atomic mass is 16.6. The Morgan fingerprint density at radius 1 is 1.16 bits per heavy atom. The van der Waals surface area contributed by atoms with Crippen LogP contribution in [0, 0.1) is 39.2 Å². The van der Waals surface area contributed by atoms with Crippen LogP contribution >= 0.6 is 0 Å². The number of hydrazone groups is 1. The molecule has 6 rings (SSSR count). The minimum absolute atomic E-state index is 0.138. The summed E-state index contributed by atoms with van der Waals surface area (Å²) in [5.41, 5.74) is 0.270. The standard InChI is InChI=1S/C23H19N3O6/c1-31-12-2-4-14(17(10-12)26(29)30)18-7-3-13(32-18)11-24-25-21(27)19-15-5-6-16(20(19)22(25)28)23(15)8-9-23/h2-7,10-11,15-16,19-20H,8-9H2,1H3/b24-11-/t15-,16-,19-,20+/m1/s1. The highest BCUT2D eigenvalue weighted by Gasteiger charge is 2.73. The van der Waals surface area contributed by atoms with Crippen molar-refractivity contribution in [2.24, 2.45) is 34.2 Å². The molecule has 0 unspecified atom stereocenters. The quantitative estimate of drug-likeness (QED) is 0.235. The number of rotatable bonds is 5. The number of nitro groups is 1. The lowest BCUT2D eigenvalue weighted by Gasteiger charge is -2.18. The number of furan rings is 1. The highest BCUT2D eigenvalue weighted by molar-refractivity contribution is 6.07. The first-order valence-corrected chi connectivity index (χ1v) is 10.5. The number of amides is 2. The van der Waals surface area contributed by atoms with Crippen LogP contribution in [0.1, 0.15) is 18.6 Å². The van der Waals surface area contributed by atoms with Crippen molar-refractivity contribution in [1.82, 2.24) is 5.01 Å². The van der Waals surface area contributed by atoms with E-state index >= 15 is 0 Å². The molecule has 3 aliphatic carbocycles. The predicted molar refractivity (Wildman–Crippen MR) is 112 cm³/mol. The van der Waals surface area contributed by atoms with Gasteiger partial charge in [-0.05, 0) is 54.4 Å². The van der Waals surface area contributed by atoms with Gasteiger partial charge in [-0.15, -0.1) is 0 Å². The second-order valence-corrected chi connectivity index (χ2v) is 8.80. The Morgan fingerprint density at radius 2 is 1.84 bits per heavy atom. The summed E-state index contributed by atoms with van der Waals surface area (Å²) in [6.45, 7) is 0. The molecule has 2 amide bonds. The van der Waals surface area contributed by atoms with Crippen LogP contribution in [0.3, 0.4) is 0 Å². The smallest absolute Gasteiger partial charge is 0.284 e. The van der Waals surface area contributed by atoms with E-state index in [4.69, 9.17) is 9.15 Å². The number of fused-ring (bicyclic) bond motifs is 3. The number of allylic oxidation sites excluding steroid dienone is 2. The number of hydrogen-bond acceptors (Lipinski definition) is 7. The lowest BCUT2D eigenvalue weighted by atomic mass is 9.85. The molecule has 2 saturated carbocycles. The van der Waals surface area contributed by atoms with Crippen LogP contribution in [0.2, 0.25) is 0 Å². The summed E-state index contributed by atoms with van der Waals surface area (Å²) in [5, 5.41) is 16.5. The largest absolute Gasteiger partial charge is 0.497 e. The SMILES string of the molecule is COc1ccc(-c2ccc(/C=N\N3C(=O)[C@@H]4[C@H](C3=O)[C@H]3C=C[C@H]4C34CC4)o2)c([N+](=O)[O-])c1. The molecule has 1 aromatic carbocycles. The number of methoxy groups -OCH3 is 1. The summed E-state index contributed by atoms with van der Waals surface area (Å²) >= 11 is 0. The van der Waals surface area contributed by atoms with E-state index in [0.717, 1.165) is 17.9 Å². The Labute approximate surface area is 182 Å². The van der Waals surface area contributed by atoms with E-state index in [-0.39, 0.29) is 63.7 Å². The van der Waals surface area contributed by atoms with E-state index in [9.17, 15) is 19.7 Å². The molecule has 1 saturated heterocycles. The van der Waals surface area contributed by atoms with E-state index < -0.39 is 4.92 Å². The third-order valence-electron chi connectivity index (χ3n) is 7.42. The molecule has 3 fully saturated rings. The zero-order chi connectivity index (χ0) is 22.2. The number of carbonyl (C=O) groups excluding carboxylic acids is 2. The van der Waals surface area contributed by atoms with Gasteiger partial charge in [-0.3, -0.25) is 19.7 Å². The van der Waals surface area contributed by atoms with Crippen LogP contribution in [-0.4, -0.2) is 35.1 Å². The van der Waals surface area contributed by atoms with Crippen LogP contribution in [-0.2, 0) is 9.59 Å². The number of benzene rings is 1. The van der Waals surface area contributed by atoms with Crippen molar-refractivity contribution >= 4 is 23.7 Å². The third-order valence-corrected chi connectivity index (χ3v) is 7.42. The molecule has 0 N–H and O–H groups in total. The number of nitro benzene ring substituents is 1. The molecule has 2 bridgehead atoms. The van der Waals surface area contributed by atoms with E-state index in [1.54, 1.807) is 24.3 Å². The third kappa shape index (κ3) is 2.41. The number of hydrogen-bond donors (Lipinski definition) is 0. The summed E-state index contributed by atoms with van der Waals surface area (Å²) in [5.74, 6) is 0.0606. The van der Waals surface area contributed by atoms with Gasteiger partial charge in [0.05, 0.1) is 41.7 Å². The molecule has 4 atom stereocenters. The maximum Gasteiger partial charge on any atom is 0.284 e. The van der Waals surface area contributed by atoms with Crippen molar-refractivity contribution in [2.45, 2.75) is 12.8 Å². The normalized spacial score (nSPS) is 28.8. The van der Waals surface area contributed by atoms with Gasteiger partial charge in [-0.1, -0.05) is 12.2 Å². The van der Waals surface area contributed by atoms with Crippen molar-refractivity contribution in [3.8, 4) is 17.1 Å². The second kappa shape index (κ2) is 6.38. The molecule has 9 nitrogen and oxygen atoms in total. The van der Waals surface area contributed by atoms with Gasteiger partial charge in [0.1, 0.15) is 17.3 Å². The summed E-state index contributed by atoms with van der Waals surface area (Å²) in [4.78, 5) is 36.9. The molecule has 32 heavy (non-hydrogen) atoms. The van der Waals surface area contributed by atoms with Crippen molar-refractivity contribution in [3.63, 3.8) is 0 Å². The topological polar surface area (TPSA) is 115 Å². The first-order chi connectivity index (χ1) is 15.4. The fourth-order valence-corrected chi connectivity index (χ4v) is 5.86. The van der Waals surface area contributed by atoms with Gasteiger partial charge in [0.2, 0.25) is 0 Å². The van der Waals surface area contributed by atoms with E-state index in [1.165, 1.54) is 19.4 Å². The van der Waals surface area contributed by atoms with Crippen molar-refractivity contribution in [1.29, 1.82) is 0 Å². The van der Waals surface area contributed by atoms with Crippen LogP contribution in [0.5, 0.6) is 5.75 Å². The molecule has 1 spiro atoms. The second-order valence-electron chi connectivity index (χ2n) is 8.80. The molecular formula is C23H19N3O6. The minimum Gasteiger partial charge on any atom is -0.497 e. The van der Waals surface area contributed by atoms with Gasteiger partial charge < -0.3 is 9.15 Å². The van der Waals surface area contributed by atoms with E-state index in [0.29, 0.717) is 5.75 Å². The zero-order valence-electron chi connectivity index (χ0n) is 17.1. The number of carbonyl (C=O) groups is 2. The maximum atomic E-state index is 13.0. The monoisotopic (exact) mass is 433 g/mol. The lowest BCUT2D eigenvalue weighted by molar-refractivity contribution is -0.384. The van der Waals surface area contributed by atoms with Gasteiger partial charge in [0, 0.05) is 0 Å². The highest BCUT2D eigenvalue weighted by Crippen LogP contribution is 2.73. The predicted octanol–water partition coefficient (Wildman–Crippen LogP) is 3.39. The first kappa shape index (κ1) is 19.0. The molecule has 1 aromatic heterocycles. The van der Waals surface area contributed by atoms with Crippen LogP contribution in [0.15, 0.2) is 52.0 Å². The average Bonchev–Trinajstić information content (AvgIpc) is 3.08. The molecule has 9 heteroatoms. The summed E-state index contributed by atoms with van der Waals surface area (Å²) in [7, 11) is 1.43. The number of ether oxygens (including phenoxy) is 1. The molecule has 0 radical (unpaired) electrons. The molecular weight excluding hydrogens is 414 g/mol. The maximum absolute atomic E-state index is 13.0.